The molecule has 6 heteroatoms. The van der Waals surface area contributed by atoms with Gasteiger partial charge in [-0.2, -0.15) is 4.31 Å². The summed E-state index contributed by atoms with van der Waals surface area (Å²) < 4.78 is 27.1. The van der Waals surface area contributed by atoms with Gasteiger partial charge >= 0.3 is 0 Å². The van der Waals surface area contributed by atoms with E-state index in [2.05, 4.69) is 18.8 Å². The van der Waals surface area contributed by atoms with Gasteiger partial charge < -0.3 is 5.32 Å². The summed E-state index contributed by atoms with van der Waals surface area (Å²) in [6, 6.07) is 8.54. The minimum Gasteiger partial charge on any atom is -0.353 e. The second kappa shape index (κ2) is 8.44. The van der Waals surface area contributed by atoms with Crippen LogP contribution in [0.4, 0.5) is 0 Å². The quantitative estimate of drug-likeness (QED) is 0.768. The van der Waals surface area contributed by atoms with Crippen LogP contribution in [0.25, 0.3) is 0 Å². The molecule has 0 radical (unpaired) electrons. The topological polar surface area (TPSA) is 66.5 Å². The van der Waals surface area contributed by atoms with Crippen LogP contribution >= 0.6 is 0 Å². The van der Waals surface area contributed by atoms with E-state index >= 15 is 0 Å². The summed E-state index contributed by atoms with van der Waals surface area (Å²) >= 11 is 0. The molecule has 5 nitrogen and oxygen atoms in total. The number of piperidine rings is 1. The first-order valence-corrected chi connectivity index (χ1v) is 9.85. The Hall–Kier alpha value is -1.66. The number of amides is 1. The molecule has 1 aliphatic rings. The summed E-state index contributed by atoms with van der Waals surface area (Å²) in [5, 5.41) is 2.80. The molecule has 0 aromatic heterocycles. The van der Waals surface area contributed by atoms with Crippen molar-refractivity contribution in [2.75, 3.05) is 19.6 Å². The standard InChI is InChI=1S/C18H26N2O3S/c1-3-11-19-18(21)13-16-10-12-20(14-15(16)4-2)24(22,23)17-8-6-5-7-9-17/h3,5-9,15-16H,1,4,10-14H2,2H3,(H,19,21)/t15-,16+/m1/s1. The van der Waals surface area contributed by atoms with Crippen LogP contribution in [0.2, 0.25) is 0 Å². The number of nitrogens with zero attached hydrogens (tertiary/aromatic N) is 1. The van der Waals surface area contributed by atoms with Crippen molar-refractivity contribution in [3.8, 4) is 0 Å². The summed E-state index contributed by atoms with van der Waals surface area (Å²) in [6.07, 6.45) is 3.68. The Morgan fingerprint density at radius 3 is 2.67 bits per heavy atom. The highest BCUT2D eigenvalue weighted by atomic mass is 32.2. The number of carbonyl (C=O) groups is 1. The van der Waals surface area contributed by atoms with Crippen molar-refractivity contribution in [2.45, 2.75) is 31.1 Å². The molecule has 1 heterocycles. The molecule has 1 fully saturated rings. The van der Waals surface area contributed by atoms with Crippen molar-refractivity contribution in [1.82, 2.24) is 9.62 Å². The van der Waals surface area contributed by atoms with Gasteiger partial charge in [0.15, 0.2) is 0 Å². The number of hydrogen-bond acceptors (Lipinski definition) is 3. The third kappa shape index (κ3) is 4.45. The number of benzene rings is 1. The van der Waals surface area contributed by atoms with Crippen LogP contribution in [0.15, 0.2) is 47.9 Å². The van der Waals surface area contributed by atoms with Crippen molar-refractivity contribution in [3.05, 3.63) is 43.0 Å². The number of rotatable bonds is 7. The lowest BCUT2D eigenvalue weighted by molar-refractivity contribution is -0.122. The summed E-state index contributed by atoms with van der Waals surface area (Å²) in [6.45, 7) is 7.06. The molecule has 1 aromatic rings. The van der Waals surface area contributed by atoms with Gasteiger partial charge in [-0.25, -0.2) is 8.42 Å². The molecule has 0 saturated carbocycles. The molecule has 1 aliphatic heterocycles. The summed E-state index contributed by atoms with van der Waals surface area (Å²) in [7, 11) is -3.45. The lowest BCUT2D eigenvalue weighted by Gasteiger charge is -2.37. The molecular weight excluding hydrogens is 324 g/mol. The van der Waals surface area contributed by atoms with Gasteiger partial charge in [0.05, 0.1) is 4.90 Å². The molecule has 0 aliphatic carbocycles. The third-order valence-electron chi connectivity index (χ3n) is 4.65. The summed E-state index contributed by atoms with van der Waals surface area (Å²) in [5.74, 6) is 0.437. The van der Waals surface area contributed by atoms with Gasteiger partial charge in [0.2, 0.25) is 15.9 Å². The van der Waals surface area contributed by atoms with Crippen molar-refractivity contribution in [2.24, 2.45) is 11.8 Å². The van der Waals surface area contributed by atoms with E-state index < -0.39 is 10.0 Å². The van der Waals surface area contributed by atoms with Gasteiger partial charge in [-0.15, -0.1) is 6.58 Å². The molecule has 24 heavy (non-hydrogen) atoms. The zero-order chi connectivity index (χ0) is 17.6. The first-order valence-electron chi connectivity index (χ1n) is 8.41. The van der Waals surface area contributed by atoms with Gasteiger partial charge in [-0.05, 0) is 30.4 Å². The van der Waals surface area contributed by atoms with E-state index in [0.717, 1.165) is 6.42 Å². The molecule has 0 spiro atoms. The summed E-state index contributed by atoms with van der Waals surface area (Å²) in [5.41, 5.74) is 0. The molecule has 1 aromatic carbocycles. The van der Waals surface area contributed by atoms with Gasteiger partial charge in [-0.3, -0.25) is 4.79 Å². The third-order valence-corrected chi connectivity index (χ3v) is 6.53. The normalized spacial score (nSPS) is 22.0. The van der Waals surface area contributed by atoms with Crippen LogP contribution < -0.4 is 5.32 Å². The Labute approximate surface area is 144 Å². The van der Waals surface area contributed by atoms with E-state index in [4.69, 9.17) is 0 Å². The molecule has 1 N–H and O–H groups in total. The van der Waals surface area contributed by atoms with Crippen LogP contribution in [0.5, 0.6) is 0 Å². The van der Waals surface area contributed by atoms with Crippen molar-refractivity contribution >= 4 is 15.9 Å². The Balaban J connectivity index is 2.04. The lowest BCUT2D eigenvalue weighted by atomic mass is 9.82. The van der Waals surface area contributed by atoms with E-state index in [0.29, 0.717) is 37.4 Å². The van der Waals surface area contributed by atoms with E-state index in [1.165, 1.54) is 0 Å². The Morgan fingerprint density at radius 1 is 1.33 bits per heavy atom. The van der Waals surface area contributed by atoms with Crippen LogP contribution in [0.1, 0.15) is 26.2 Å². The smallest absolute Gasteiger partial charge is 0.243 e. The number of sulfonamides is 1. The van der Waals surface area contributed by atoms with E-state index in [9.17, 15) is 13.2 Å². The van der Waals surface area contributed by atoms with Gasteiger partial charge in [-0.1, -0.05) is 37.6 Å². The van der Waals surface area contributed by atoms with Gasteiger partial charge in [0.1, 0.15) is 0 Å². The molecular formula is C18H26N2O3S. The van der Waals surface area contributed by atoms with Crippen molar-refractivity contribution < 1.29 is 13.2 Å². The molecule has 0 bridgehead atoms. The highest BCUT2D eigenvalue weighted by Crippen LogP contribution is 2.31. The highest BCUT2D eigenvalue weighted by molar-refractivity contribution is 7.89. The average molecular weight is 350 g/mol. The predicted molar refractivity (Wildman–Crippen MR) is 94.9 cm³/mol. The SMILES string of the molecule is C=CCNC(=O)C[C@@H]1CCN(S(=O)(=O)c2ccccc2)C[C@H]1CC. The molecule has 2 rings (SSSR count). The van der Waals surface area contributed by atoms with E-state index in [1.807, 2.05) is 6.07 Å². The lowest BCUT2D eigenvalue weighted by Crippen LogP contribution is -2.44. The average Bonchev–Trinajstić information content (AvgIpc) is 2.60. The first-order chi connectivity index (χ1) is 11.5. The van der Waals surface area contributed by atoms with Crippen LogP contribution in [0, 0.1) is 11.8 Å². The van der Waals surface area contributed by atoms with Crippen LogP contribution in [-0.2, 0) is 14.8 Å². The van der Waals surface area contributed by atoms with Gasteiger partial charge in [0.25, 0.3) is 0 Å². The van der Waals surface area contributed by atoms with Crippen molar-refractivity contribution in [3.63, 3.8) is 0 Å². The maximum absolute atomic E-state index is 12.8. The fraction of sp³-hybridized carbons (Fsp3) is 0.500. The van der Waals surface area contributed by atoms with E-state index in [1.54, 1.807) is 34.6 Å². The second-order valence-electron chi connectivity index (χ2n) is 6.19. The van der Waals surface area contributed by atoms with E-state index in [-0.39, 0.29) is 17.7 Å². The zero-order valence-electron chi connectivity index (χ0n) is 14.1. The molecule has 132 valence electrons. The van der Waals surface area contributed by atoms with Crippen molar-refractivity contribution in [1.29, 1.82) is 0 Å². The maximum atomic E-state index is 12.8. The molecule has 1 saturated heterocycles. The predicted octanol–water partition coefficient (Wildman–Crippen LogP) is 2.42. The Kier molecular flexibility index (Phi) is 6.57. The number of nitrogens with one attached hydrogen (secondary N) is 1. The molecule has 0 unspecified atom stereocenters. The molecule has 2 atom stereocenters. The molecule has 1 amide bonds. The monoisotopic (exact) mass is 350 g/mol. The maximum Gasteiger partial charge on any atom is 0.243 e. The fourth-order valence-corrected chi connectivity index (χ4v) is 4.77. The Bertz CT molecular complexity index is 658. The first kappa shape index (κ1) is 18.7. The highest BCUT2D eigenvalue weighted by Gasteiger charge is 2.35. The number of carbonyl (C=O) groups excluding carboxylic acids is 1. The minimum atomic E-state index is -3.45. The van der Waals surface area contributed by atoms with Gasteiger partial charge in [0, 0.05) is 26.1 Å². The summed E-state index contributed by atoms with van der Waals surface area (Å²) in [4.78, 5) is 12.3. The fourth-order valence-electron chi connectivity index (χ4n) is 3.23. The zero-order valence-corrected chi connectivity index (χ0v) is 15.0. The Morgan fingerprint density at radius 2 is 2.04 bits per heavy atom. The second-order valence-corrected chi connectivity index (χ2v) is 8.13. The number of hydrogen-bond donors (Lipinski definition) is 1. The largest absolute Gasteiger partial charge is 0.353 e. The van der Waals surface area contributed by atoms with Crippen LogP contribution in [-0.4, -0.2) is 38.3 Å². The minimum absolute atomic E-state index is 0.0118. The van der Waals surface area contributed by atoms with Crippen LogP contribution in [0.3, 0.4) is 0 Å².